The van der Waals surface area contributed by atoms with Crippen molar-refractivity contribution in [3.63, 3.8) is 0 Å². The molecule has 0 aliphatic heterocycles. The van der Waals surface area contributed by atoms with Crippen molar-refractivity contribution in [3.05, 3.63) is 95.2 Å². The minimum absolute atomic E-state index is 0.0979. The van der Waals surface area contributed by atoms with E-state index >= 15 is 0 Å². The van der Waals surface area contributed by atoms with Crippen LogP contribution in [0.25, 0.3) is 23.0 Å². The Morgan fingerprint density at radius 1 is 1.03 bits per heavy atom. The molecule has 1 aromatic heterocycles. The maximum absolute atomic E-state index is 12.9. The molecule has 35 heavy (non-hydrogen) atoms. The first-order chi connectivity index (χ1) is 17.0. The first-order valence-electron chi connectivity index (χ1n) is 10.6. The summed E-state index contributed by atoms with van der Waals surface area (Å²) in [6.07, 6.45) is 3.27. The van der Waals surface area contributed by atoms with Crippen LogP contribution in [0.3, 0.4) is 0 Å². The molecule has 174 valence electrons. The summed E-state index contributed by atoms with van der Waals surface area (Å²) in [4.78, 5) is 12.9. The SMILES string of the molecule is COc1ccc(-c2nn(-c3ccccc3)cc2/C=C(/C#N)C(=O)Nc2ccccc2Cl)cc1OC. The van der Waals surface area contributed by atoms with E-state index in [1.807, 2.05) is 42.5 Å². The standard InChI is InChI=1S/C27H21ClN4O3/c1-34-24-13-12-18(15-25(24)35-2)26-20(17-32(31-26)21-8-4-3-5-9-21)14-19(16-29)27(33)30-23-11-7-6-10-22(23)28/h3-15,17H,1-2H3,(H,30,33)/b19-14-. The summed E-state index contributed by atoms with van der Waals surface area (Å²) in [5.41, 5.74) is 3.01. The number of anilines is 1. The highest BCUT2D eigenvalue weighted by Crippen LogP contribution is 2.34. The van der Waals surface area contributed by atoms with Crippen molar-refractivity contribution >= 4 is 29.3 Å². The lowest BCUT2D eigenvalue weighted by molar-refractivity contribution is -0.112. The van der Waals surface area contributed by atoms with Gasteiger partial charge in [0.05, 0.1) is 30.6 Å². The highest BCUT2D eigenvalue weighted by atomic mass is 35.5. The molecule has 0 aliphatic rings. The number of para-hydroxylation sites is 2. The van der Waals surface area contributed by atoms with E-state index in [0.717, 1.165) is 11.3 Å². The number of methoxy groups -OCH3 is 2. The van der Waals surface area contributed by atoms with Crippen LogP contribution in [-0.2, 0) is 4.79 Å². The van der Waals surface area contributed by atoms with E-state index in [1.165, 1.54) is 6.08 Å². The highest BCUT2D eigenvalue weighted by Gasteiger charge is 2.17. The van der Waals surface area contributed by atoms with Crippen LogP contribution >= 0.6 is 11.6 Å². The molecule has 0 spiro atoms. The van der Waals surface area contributed by atoms with Gasteiger partial charge in [-0.15, -0.1) is 0 Å². The fraction of sp³-hybridized carbons (Fsp3) is 0.0741. The molecule has 3 aromatic carbocycles. The molecular weight excluding hydrogens is 464 g/mol. The lowest BCUT2D eigenvalue weighted by atomic mass is 10.0. The maximum Gasteiger partial charge on any atom is 0.266 e. The van der Waals surface area contributed by atoms with Crippen LogP contribution in [0.4, 0.5) is 5.69 Å². The molecule has 0 saturated heterocycles. The first-order valence-corrected chi connectivity index (χ1v) is 11.0. The Balaban J connectivity index is 1.80. The van der Waals surface area contributed by atoms with E-state index in [9.17, 15) is 10.1 Å². The van der Waals surface area contributed by atoms with E-state index in [0.29, 0.717) is 33.5 Å². The van der Waals surface area contributed by atoms with Crippen LogP contribution in [0.15, 0.2) is 84.6 Å². The van der Waals surface area contributed by atoms with E-state index in [2.05, 4.69) is 5.32 Å². The predicted octanol–water partition coefficient (Wildman–Crippen LogP) is 5.76. The van der Waals surface area contributed by atoms with Crippen LogP contribution in [0.1, 0.15) is 5.56 Å². The molecule has 1 heterocycles. The predicted molar refractivity (Wildman–Crippen MR) is 136 cm³/mol. The van der Waals surface area contributed by atoms with Crippen molar-refractivity contribution < 1.29 is 14.3 Å². The molecule has 0 unspecified atom stereocenters. The van der Waals surface area contributed by atoms with E-state index in [4.69, 9.17) is 26.2 Å². The van der Waals surface area contributed by atoms with Gasteiger partial charge in [-0.25, -0.2) is 4.68 Å². The van der Waals surface area contributed by atoms with Gasteiger partial charge in [0, 0.05) is 17.3 Å². The van der Waals surface area contributed by atoms with E-state index < -0.39 is 5.91 Å². The van der Waals surface area contributed by atoms with Crippen LogP contribution < -0.4 is 14.8 Å². The lowest BCUT2D eigenvalue weighted by Crippen LogP contribution is -2.13. The number of nitriles is 1. The molecule has 0 bridgehead atoms. The van der Waals surface area contributed by atoms with Crippen molar-refractivity contribution in [1.29, 1.82) is 5.26 Å². The topological polar surface area (TPSA) is 89.2 Å². The van der Waals surface area contributed by atoms with Crippen LogP contribution in [-0.4, -0.2) is 29.9 Å². The Bertz CT molecular complexity index is 1440. The van der Waals surface area contributed by atoms with Crippen LogP contribution in [0.2, 0.25) is 5.02 Å². The smallest absolute Gasteiger partial charge is 0.266 e. The van der Waals surface area contributed by atoms with Gasteiger partial charge >= 0.3 is 0 Å². The second kappa shape index (κ2) is 10.6. The minimum atomic E-state index is -0.577. The molecule has 0 radical (unpaired) electrons. The molecule has 7 nitrogen and oxygen atoms in total. The number of amides is 1. The summed E-state index contributed by atoms with van der Waals surface area (Å²) in [6, 6.07) is 23.8. The van der Waals surface area contributed by atoms with Gasteiger partial charge in [-0.05, 0) is 48.5 Å². The van der Waals surface area contributed by atoms with Crippen molar-refractivity contribution in [1.82, 2.24) is 9.78 Å². The van der Waals surface area contributed by atoms with Gasteiger partial charge < -0.3 is 14.8 Å². The number of carbonyl (C=O) groups excluding carboxylic acids is 1. The van der Waals surface area contributed by atoms with Crippen molar-refractivity contribution in [2.75, 3.05) is 19.5 Å². The fourth-order valence-electron chi connectivity index (χ4n) is 3.47. The largest absolute Gasteiger partial charge is 0.493 e. The number of hydrogen-bond donors (Lipinski definition) is 1. The number of nitrogens with one attached hydrogen (secondary N) is 1. The summed E-state index contributed by atoms with van der Waals surface area (Å²) in [6.45, 7) is 0. The molecule has 0 atom stereocenters. The zero-order valence-corrected chi connectivity index (χ0v) is 19.8. The Morgan fingerprint density at radius 2 is 1.74 bits per heavy atom. The summed E-state index contributed by atoms with van der Waals surface area (Å²) < 4.78 is 12.5. The number of ether oxygens (including phenoxy) is 2. The number of carbonyl (C=O) groups is 1. The third kappa shape index (κ3) is 5.18. The average Bonchev–Trinajstić information content (AvgIpc) is 3.32. The molecule has 0 aliphatic carbocycles. The number of benzene rings is 3. The minimum Gasteiger partial charge on any atom is -0.493 e. The Kier molecular flexibility index (Phi) is 7.15. The second-order valence-electron chi connectivity index (χ2n) is 7.39. The van der Waals surface area contributed by atoms with Gasteiger partial charge in [-0.1, -0.05) is 41.9 Å². The summed E-state index contributed by atoms with van der Waals surface area (Å²) in [5.74, 6) is 0.533. The first kappa shape index (κ1) is 23.6. The summed E-state index contributed by atoms with van der Waals surface area (Å²) in [5, 5.41) is 17.6. The lowest BCUT2D eigenvalue weighted by Gasteiger charge is -2.09. The molecule has 4 aromatic rings. The van der Waals surface area contributed by atoms with Crippen LogP contribution in [0.5, 0.6) is 11.5 Å². The van der Waals surface area contributed by atoms with Gasteiger partial charge in [-0.3, -0.25) is 4.79 Å². The van der Waals surface area contributed by atoms with Gasteiger partial charge in [-0.2, -0.15) is 10.4 Å². The third-order valence-electron chi connectivity index (χ3n) is 5.21. The number of halogens is 1. The normalized spacial score (nSPS) is 11.0. The quantitative estimate of drug-likeness (QED) is 0.266. The molecule has 4 rings (SSSR count). The van der Waals surface area contributed by atoms with Crippen molar-refractivity contribution in [3.8, 4) is 34.5 Å². The molecule has 1 N–H and O–H groups in total. The van der Waals surface area contributed by atoms with Gasteiger partial charge in [0.15, 0.2) is 11.5 Å². The fourth-order valence-corrected chi connectivity index (χ4v) is 3.65. The number of hydrogen-bond acceptors (Lipinski definition) is 5. The zero-order valence-electron chi connectivity index (χ0n) is 19.0. The zero-order chi connectivity index (χ0) is 24.8. The van der Waals surface area contributed by atoms with Gasteiger partial charge in [0.25, 0.3) is 5.91 Å². The Hall–Kier alpha value is -4.54. The van der Waals surface area contributed by atoms with Crippen molar-refractivity contribution in [2.24, 2.45) is 0 Å². The van der Waals surface area contributed by atoms with Crippen LogP contribution in [0, 0.1) is 11.3 Å². The van der Waals surface area contributed by atoms with E-state index in [-0.39, 0.29) is 5.57 Å². The number of aromatic nitrogens is 2. The monoisotopic (exact) mass is 484 g/mol. The molecular formula is C27H21ClN4O3. The third-order valence-corrected chi connectivity index (χ3v) is 5.54. The molecule has 1 amide bonds. The van der Waals surface area contributed by atoms with E-state index in [1.54, 1.807) is 61.5 Å². The summed E-state index contributed by atoms with van der Waals surface area (Å²) >= 11 is 6.15. The molecule has 0 saturated carbocycles. The molecule has 8 heteroatoms. The number of rotatable bonds is 7. The van der Waals surface area contributed by atoms with Gasteiger partial charge in [0.2, 0.25) is 0 Å². The second-order valence-corrected chi connectivity index (χ2v) is 7.79. The Labute approximate surface area is 207 Å². The summed E-state index contributed by atoms with van der Waals surface area (Å²) in [7, 11) is 3.12. The molecule has 0 fully saturated rings. The highest BCUT2D eigenvalue weighted by molar-refractivity contribution is 6.34. The van der Waals surface area contributed by atoms with Crippen molar-refractivity contribution in [2.45, 2.75) is 0 Å². The Morgan fingerprint density at radius 3 is 2.43 bits per heavy atom. The average molecular weight is 485 g/mol. The number of nitrogens with zero attached hydrogens (tertiary/aromatic N) is 3. The maximum atomic E-state index is 12.9. The van der Waals surface area contributed by atoms with Gasteiger partial charge in [0.1, 0.15) is 17.3 Å².